The molecule has 1 heterocycles. The number of hydrogen-bond acceptors (Lipinski definition) is 6. The van der Waals surface area contributed by atoms with Gasteiger partial charge in [-0.05, 0) is 30.4 Å². The number of aromatic amines is 1. The minimum atomic E-state index is 0.110. The fraction of sp³-hybridized carbons (Fsp3) is 0. The van der Waals surface area contributed by atoms with Gasteiger partial charge in [0.25, 0.3) is 5.95 Å². The maximum Gasteiger partial charge on any atom is 0.258 e. The van der Waals surface area contributed by atoms with Crippen LogP contribution in [0.25, 0.3) is 0 Å². The highest BCUT2D eigenvalue weighted by Crippen LogP contribution is 2.20. The molecule has 0 aliphatic carbocycles. The maximum atomic E-state index is 9.65. The molecule has 0 fully saturated rings. The van der Waals surface area contributed by atoms with Gasteiger partial charge in [-0.1, -0.05) is 15.9 Å². The summed E-state index contributed by atoms with van der Waals surface area (Å²) in [4.78, 5) is 0. The van der Waals surface area contributed by atoms with Crippen molar-refractivity contribution in [2.45, 2.75) is 0 Å². The first-order valence-electron chi connectivity index (χ1n) is 4.78. The number of nitrogen functional groups attached to an aromatic ring is 1. The summed E-state index contributed by atoms with van der Waals surface area (Å²) < 4.78 is 2.42. The number of nitrogens with two attached hydrogens (primary N) is 1. The molecule has 94 valence electrons. The Morgan fingerprint density at radius 2 is 2.39 bits per heavy atom. The van der Waals surface area contributed by atoms with Gasteiger partial charge >= 0.3 is 0 Å². The molecule has 2 rings (SSSR count). The lowest BCUT2D eigenvalue weighted by Crippen LogP contribution is -2.11. The molecule has 0 radical (unpaired) electrons. The van der Waals surface area contributed by atoms with Crippen LogP contribution in [0.2, 0.25) is 0 Å². The monoisotopic (exact) mass is 328 g/mol. The van der Waals surface area contributed by atoms with Crippen LogP contribution in [-0.4, -0.2) is 26.2 Å². The van der Waals surface area contributed by atoms with Crippen LogP contribution in [0, 0.1) is 4.77 Å². The second-order valence-electron chi connectivity index (χ2n) is 3.26. The van der Waals surface area contributed by atoms with Crippen molar-refractivity contribution in [3.63, 3.8) is 0 Å². The summed E-state index contributed by atoms with van der Waals surface area (Å²) in [7, 11) is 0. The van der Waals surface area contributed by atoms with Crippen LogP contribution < -0.4 is 11.3 Å². The first kappa shape index (κ1) is 12.7. The van der Waals surface area contributed by atoms with Crippen molar-refractivity contribution < 1.29 is 5.11 Å². The number of aromatic hydroxyl groups is 1. The van der Waals surface area contributed by atoms with Gasteiger partial charge in [0.15, 0.2) is 0 Å². The quantitative estimate of drug-likeness (QED) is 0.296. The lowest BCUT2D eigenvalue weighted by atomic mass is 10.2. The molecule has 9 heteroatoms. The molecule has 0 bridgehead atoms. The van der Waals surface area contributed by atoms with Crippen LogP contribution in [0.5, 0.6) is 5.75 Å². The Kier molecular flexibility index (Phi) is 3.75. The smallest absolute Gasteiger partial charge is 0.258 e. The minimum Gasteiger partial charge on any atom is -0.507 e. The lowest BCUT2D eigenvalue weighted by Gasteiger charge is -2.00. The maximum absolute atomic E-state index is 9.65. The highest BCUT2D eigenvalue weighted by molar-refractivity contribution is 9.10. The fourth-order valence-corrected chi connectivity index (χ4v) is 1.80. The van der Waals surface area contributed by atoms with Crippen molar-refractivity contribution >= 4 is 40.3 Å². The largest absolute Gasteiger partial charge is 0.507 e. The summed E-state index contributed by atoms with van der Waals surface area (Å²) in [5.74, 6) is 5.64. The molecule has 0 saturated heterocycles. The zero-order valence-corrected chi connectivity index (χ0v) is 11.4. The zero-order valence-electron chi connectivity index (χ0n) is 8.96. The van der Waals surface area contributed by atoms with E-state index in [1.807, 2.05) is 0 Å². The molecule has 5 N–H and O–H groups in total. The molecular formula is C9H9BrN6OS. The third-order valence-electron chi connectivity index (χ3n) is 2.08. The number of rotatable bonds is 3. The van der Waals surface area contributed by atoms with Crippen LogP contribution in [0.4, 0.5) is 5.95 Å². The van der Waals surface area contributed by atoms with E-state index in [-0.39, 0.29) is 16.5 Å². The van der Waals surface area contributed by atoms with E-state index < -0.39 is 0 Å². The molecule has 0 saturated carbocycles. The zero-order chi connectivity index (χ0) is 13.1. The Morgan fingerprint density at radius 1 is 1.61 bits per heavy atom. The number of H-pyrrole nitrogens is 1. The van der Waals surface area contributed by atoms with Crippen molar-refractivity contribution in [2.75, 3.05) is 5.43 Å². The topological polar surface area (TPSA) is 104 Å². The standard InChI is InChI=1S/C9H9BrN6OS/c10-6-1-2-7(17)5(3-6)4-12-16-8(13-11)14-15-9(16)18/h1-4,17H,11H2,(H,13,14)(H,15,18). The van der Waals surface area contributed by atoms with E-state index in [0.29, 0.717) is 5.56 Å². The first-order valence-corrected chi connectivity index (χ1v) is 5.99. The van der Waals surface area contributed by atoms with Crippen LogP contribution in [-0.2, 0) is 0 Å². The second kappa shape index (κ2) is 5.29. The normalized spacial score (nSPS) is 11.0. The molecule has 1 aromatic carbocycles. The number of nitrogens with one attached hydrogen (secondary N) is 2. The average molecular weight is 329 g/mol. The summed E-state index contributed by atoms with van der Waals surface area (Å²) in [6.07, 6.45) is 1.45. The summed E-state index contributed by atoms with van der Waals surface area (Å²) in [6.45, 7) is 0. The number of phenols is 1. The van der Waals surface area contributed by atoms with Crippen molar-refractivity contribution in [1.82, 2.24) is 14.9 Å². The van der Waals surface area contributed by atoms with E-state index in [9.17, 15) is 5.11 Å². The van der Waals surface area contributed by atoms with Gasteiger partial charge in [0.05, 0.1) is 6.21 Å². The minimum absolute atomic E-state index is 0.110. The van der Waals surface area contributed by atoms with E-state index in [0.717, 1.165) is 4.47 Å². The van der Waals surface area contributed by atoms with Crippen molar-refractivity contribution in [1.29, 1.82) is 0 Å². The summed E-state index contributed by atoms with van der Waals surface area (Å²) in [5, 5.41) is 20.1. The highest BCUT2D eigenvalue weighted by Gasteiger charge is 2.03. The molecule has 0 unspecified atom stereocenters. The van der Waals surface area contributed by atoms with Gasteiger partial charge < -0.3 is 5.11 Å². The summed E-state index contributed by atoms with van der Waals surface area (Å²) >= 11 is 8.28. The van der Waals surface area contributed by atoms with Gasteiger partial charge in [0.2, 0.25) is 4.77 Å². The van der Waals surface area contributed by atoms with Crippen molar-refractivity contribution in [2.24, 2.45) is 10.9 Å². The molecule has 7 nitrogen and oxygen atoms in total. The van der Waals surface area contributed by atoms with Gasteiger partial charge in [-0.25, -0.2) is 10.9 Å². The number of nitrogens with zero attached hydrogens (tertiary/aromatic N) is 3. The molecule has 0 amide bonds. The number of hydrazine groups is 1. The van der Waals surface area contributed by atoms with E-state index in [1.165, 1.54) is 10.9 Å². The number of phenolic OH excluding ortho intramolecular Hbond substituents is 1. The molecule has 1 aromatic heterocycles. The van der Waals surface area contributed by atoms with Gasteiger partial charge in [0.1, 0.15) is 5.75 Å². The van der Waals surface area contributed by atoms with E-state index in [2.05, 4.69) is 36.7 Å². The van der Waals surface area contributed by atoms with Crippen LogP contribution >= 0.6 is 28.1 Å². The Hall–Kier alpha value is -1.71. The van der Waals surface area contributed by atoms with Gasteiger partial charge in [0, 0.05) is 10.0 Å². The van der Waals surface area contributed by atoms with E-state index >= 15 is 0 Å². The highest BCUT2D eigenvalue weighted by atomic mass is 79.9. The predicted octanol–water partition coefficient (Wildman–Crippen LogP) is 1.58. The Labute approximate surface area is 115 Å². The molecule has 0 aliphatic heterocycles. The van der Waals surface area contributed by atoms with E-state index in [1.54, 1.807) is 18.2 Å². The number of benzene rings is 1. The van der Waals surface area contributed by atoms with Crippen molar-refractivity contribution in [3.8, 4) is 5.75 Å². The van der Waals surface area contributed by atoms with Gasteiger partial charge in [-0.3, -0.25) is 5.43 Å². The predicted molar refractivity (Wildman–Crippen MR) is 74.0 cm³/mol. The van der Waals surface area contributed by atoms with Gasteiger partial charge in [-0.15, -0.1) is 5.10 Å². The summed E-state index contributed by atoms with van der Waals surface area (Å²) in [6, 6.07) is 5.00. The first-order chi connectivity index (χ1) is 8.61. The van der Waals surface area contributed by atoms with Crippen LogP contribution in [0.15, 0.2) is 27.8 Å². The lowest BCUT2D eigenvalue weighted by molar-refractivity contribution is 0.474. The third-order valence-corrected chi connectivity index (χ3v) is 2.84. The summed E-state index contributed by atoms with van der Waals surface area (Å²) in [5.41, 5.74) is 2.88. The molecule has 2 aromatic rings. The van der Waals surface area contributed by atoms with Crippen LogP contribution in [0.3, 0.4) is 0 Å². The van der Waals surface area contributed by atoms with Crippen molar-refractivity contribution in [3.05, 3.63) is 33.0 Å². The van der Waals surface area contributed by atoms with Gasteiger partial charge in [-0.2, -0.15) is 9.78 Å². The Morgan fingerprint density at radius 3 is 3.11 bits per heavy atom. The van der Waals surface area contributed by atoms with Crippen LogP contribution in [0.1, 0.15) is 5.56 Å². The Balaban J connectivity index is 2.38. The molecule has 0 atom stereocenters. The fourth-order valence-electron chi connectivity index (χ4n) is 1.24. The molecule has 0 spiro atoms. The number of aromatic nitrogens is 3. The molecular weight excluding hydrogens is 320 g/mol. The molecule has 18 heavy (non-hydrogen) atoms. The average Bonchev–Trinajstić information content (AvgIpc) is 2.71. The third kappa shape index (κ3) is 2.58. The number of anilines is 1. The Bertz CT molecular complexity index is 649. The molecule has 0 aliphatic rings. The van der Waals surface area contributed by atoms with E-state index in [4.69, 9.17) is 18.1 Å². The number of halogens is 1. The SMILES string of the molecule is NNc1n[nH]c(=S)n1N=Cc1cc(Br)ccc1O. The second-order valence-corrected chi connectivity index (χ2v) is 4.56. The number of hydrogen-bond donors (Lipinski definition) is 4.